The van der Waals surface area contributed by atoms with Crippen LogP contribution < -0.4 is 10.6 Å². The zero-order valence-corrected chi connectivity index (χ0v) is 16.7. The van der Waals surface area contributed by atoms with E-state index < -0.39 is 0 Å². The number of guanidine groups is 1. The number of aliphatic imine (C=N–C) groups is 1. The van der Waals surface area contributed by atoms with Crippen molar-refractivity contribution in [2.45, 2.75) is 38.8 Å². The summed E-state index contributed by atoms with van der Waals surface area (Å²) in [5.74, 6) is 1.82. The highest BCUT2D eigenvalue weighted by Gasteiger charge is 2.19. The summed E-state index contributed by atoms with van der Waals surface area (Å²) in [5, 5.41) is 11.4. The number of aromatic nitrogens is 2. The van der Waals surface area contributed by atoms with E-state index in [0.29, 0.717) is 29.3 Å². The fraction of sp³-hybridized carbons (Fsp3) is 0.526. The summed E-state index contributed by atoms with van der Waals surface area (Å²) in [7, 11) is 1.77. The third-order valence-corrected chi connectivity index (χ3v) is 4.92. The van der Waals surface area contributed by atoms with Crippen LogP contribution in [0.1, 0.15) is 32.1 Å². The number of nitrogens with one attached hydrogen (secondary N) is 2. The third-order valence-electron chi connectivity index (χ3n) is 4.67. The fourth-order valence-corrected chi connectivity index (χ4v) is 3.33. The SMILES string of the molecule is CCCN1CCC(NC(=NC)NCc2nc(-c3ccc(Cl)cc3)no2)CC1. The van der Waals surface area contributed by atoms with Gasteiger partial charge in [0, 0.05) is 36.8 Å². The van der Waals surface area contributed by atoms with Gasteiger partial charge in [-0.15, -0.1) is 0 Å². The molecule has 146 valence electrons. The lowest BCUT2D eigenvalue weighted by molar-refractivity contribution is 0.206. The molecular formula is C19H27ClN6O. The summed E-state index contributed by atoms with van der Waals surface area (Å²) in [5.41, 5.74) is 0.871. The molecule has 0 radical (unpaired) electrons. The van der Waals surface area contributed by atoms with Crippen LogP contribution in [0.3, 0.4) is 0 Å². The zero-order valence-electron chi connectivity index (χ0n) is 15.9. The number of benzene rings is 1. The van der Waals surface area contributed by atoms with Crippen molar-refractivity contribution >= 4 is 17.6 Å². The van der Waals surface area contributed by atoms with Gasteiger partial charge in [-0.1, -0.05) is 23.7 Å². The second kappa shape index (κ2) is 9.71. The predicted molar refractivity (Wildman–Crippen MR) is 108 cm³/mol. The van der Waals surface area contributed by atoms with E-state index in [2.05, 4.69) is 37.6 Å². The Morgan fingerprint density at radius 3 is 2.70 bits per heavy atom. The van der Waals surface area contributed by atoms with Crippen molar-refractivity contribution in [3.05, 3.63) is 35.2 Å². The lowest BCUT2D eigenvalue weighted by Gasteiger charge is -2.32. The first kappa shape index (κ1) is 19.6. The molecule has 0 spiro atoms. The van der Waals surface area contributed by atoms with E-state index in [1.165, 1.54) is 13.0 Å². The number of nitrogens with zero attached hydrogens (tertiary/aromatic N) is 4. The smallest absolute Gasteiger partial charge is 0.246 e. The third kappa shape index (κ3) is 5.68. The molecule has 2 N–H and O–H groups in total. The second-order valence-corrected chi connectivity index (χ2v) is 7.14. The maximum atomic E-state index is 5.91. The molecule has 1 aliphatic heterocycles. The molecule has 8 heteroatoms. The molecular weight excluding hydrogens is 364 g/mol. The number of hydrogen-bond donors (Lipinski definition) is 2. The van der Waals surface area contributed by atoms with Crippen LogP contribution in [0.2, 0.25) is 5.02 Å². The largest absolute Gasteiger partial charge is 0.354 e. The van der Waals surface area contributed by atoms with Crippen molar-refractivity contribution in [3.8, 4) is 11.4 Å². The molecule has 1 saturated heterocycles. The first-order chi connectivity index (χ1) is 13.2. The van der Waals surface area contributed by atoms with Gasteiger partial charge in [0.05, 0.1) is 6.54 Å². The van der Waals surface area contributed by atoms with Crippen molar-refractivity contribution < 1.29 is 4.52 Å². The monoisotopic (exact) mass is 390 g/mol. The van der Waals surface area contributed by atoms with Gasteiger partial charge in [0.1, 0.15) is 0 Å². The Morgan fingerprint density at radius 1 is 1.30 bits per heavy atom. The quantitative estimate of drug-likeness (QED) is 0.583. The van der Waals surface area contributed by atoms with E-state index in [9.17, 15) is 0 Å². The van der Waals surface area contributed by atoms with E-state index in [-0.39, 0.29) is 0 Å². The molecule has 7 nitrogen and oxygen atoms in total. The highest BCUT2D eigenvalue weighted by atomic mass is 35.5. The lowest BCUT2D eigenvalue weighted by Crippen LogP contribution is -2.48. The van der Waals surface area contributed by atoms with Crippen molar-refractivity contribution in [3.63, 3.8) is 0 Å². The van der Waals surface area contributed by atoms with Gasteiger partial charge in [0.25, 0.3) is 0 Å². The Balaban J connectivity index is 1.48. The molecule has 0 aliphatic carbocycles. The lowest BCUT2D eigenvalue weighted by atomic mass is 10.1. The van der Waals surface area contributed by atoms with E-state index in [1.54, 1.807) is 7.05 Å². The summed E-state index contributed by atoms with van der Waals surface area (Å²) in [6, 6.07) is 7.80. The normalized spacial score (nSPS) is 16.5. The van der Waals surface area contributed by atoms with Crippen molar-refractivity contribution in [1.82, 2.24) is 25.7 Å². The van der Waals surface area contributed by atoms with E-state index in [4.69, 9.17) is 16.1 Å². The molecule has 0 unspecified atom stereocenters. The van der Waals surface area contributed by atoms with Crippen LogP contribution in [0.4, 0.5) is 0 Å². The molecule has 1 fully saturated rings. The standard InChI is InChI=1S/C19H27ClN6O/c1-3-10-26-11-8-16(9-12-26)23-19(21-2)22-13-17-24-18(25-27-17)14-4-6-15(20)7-5-14/h4-7,16H,3,8-13H2,1-2H3,(H2,21,22,23). The van der Waals surface area contributed by atoms with Crippen LogP contribution >= 0.6 is 11.6 Å². The average molecular weight is 391 g/mol. The van der Waals surface area contributed by atoms with Gasteiger partial charge >= 0.3 is 0 Å². The Kier molecular flexibility index (Phi) is 7.06. The van der Waals surface area contributed by atoms with Crippen LogP contribution in [-0.2, 0) is 6.54 Å². The van der Waals surface area contributed by atoms with Crippen LogP contribution in [-0.4, -0.2) is 53.7 Å². The van der Waals surface area contributed by atoms with Crippen molar-refractivity contribution in [2.24, 2.45) is 4.99 Å². The molecule has 0 atom stereocenters. The van der Waals surface area contributed by atoms with Crippen LogP contribution in [0.5, 0.6) is 0 Å². The highest BCUT2D eigenvalue weighted by Crippen LogP contribution is 2.18. The molecule has 1 aliphatic rings. The Labute approximate surface area is 165 Å². The van der Waals surface area contributed by atoms with E-state index in [0.717, 1.165) is 37.5 Å². The topological polar surface area (TPSA) is 78.6 Å². The summed E-state index contributed by atoms with van der Waals surface area (Å²) in [4.78, 5) is 11.2. The zero-order chi connectivity index (χ0) is 19.1. The van der Waals surface area contributed by atoms with Gasteiger partial charge in [-0.25, -0.2) is 0 Å². The Hall–Kier alpha value is -2.12. The average Bonchev–Trinajstić information content (AvgIpc) is 3.16. The molecule has 0 saturated carbocycles. The summed E-state index contributed by atoms with van der Waals surface area (Å²) in [6.07, 6.45) is 3.47. The van der Waals surface area contributed by atoms with Gasteiger partial charge < -0.3 is 20.1 Å². The molecule has 0 amide bonds. The first-order valence-corrected chi connectivity index (χ1v) is 9.83. The van der Waals surface area contributed by atoms with E-state index in [1.807, 2.05) is 24.3 Å². The molecule has 27 heavy (non-hydrogen) atoms. The number of rotatable bonds is 6. The maximum absolute atomic E-state index is 5.91. The van der Waals surface area contributed by atoms with Gasteiger partial charge in [0.15, 0.2) is 5.96 Å². The van der Waals surface area contributed by atoms with Crippen molar-refractivity contribution in [1.29, 1.82) is 0 Å². The van der Waals surface area contributed by atoms with Crippen LogP contribution in [0.25, 0.3) is 11.4 Å². The molecule has 3 rings (SSSR count). The summed E-state index contributed by atoms with van der Waals surface area (Å²) in [6.45, 7) is 6.11. The second-order valence-electron chi connectivity index (χ2n) is 6.70. The van der Waals surface area contributed by atoms with Crippen molar-refractivity contribution in [2.75, 3.05) is 26.7 Å². The maximum Gasteiger partial charge on any atom is 0.246 e. The number of likely N-dealkylation sites (tertiary alicyclic amines) is 1. The summed E-state index contributed by atoms with van der Waals surface area (Å²) < 4.78 is 5.33. The Morgan fingerprint density at radius 2 is 2.04 bits per heavy atom. The van der Waals surface area contributed by atoms with Gasteiger partial charge in [-0.05, 0) is 50.1 Å². The fourth-order valence-electron chi connectivity index (χ4n) is 3.21. The van der Waals surface area contributed by atoms with Gasteiger partial charge in [-0.2, -0.15) is 4.98 Å². The molecule has 1 aromatic carbocycles. The minimum atomic E-state index is 0.426. The molecule has 2 aromatic rings. The number of hydrogen-bond acceptors (Lipinski definition) is 5. The highest BCUT2D eigenvalue weighted by molar-refractivity contribution is 6.30. The van der Waals surface area contributed by atoms with Crippen LogP contribution in [0, 0.1) is 0 Å². The number of halogens is 1. The van der Waals surface area contributed by atoms with Crippen LogP contribution in [0.15, 0.2) is 33.8 Å². The van der Waals surface area contributed by atoms with E-state index >= 15 is 0 Å². The molecule has 0 bridgehead atoms. The molecule has 2 heterocycles. The number of piperidine rings is 1. The first-order valence-electron chi connectivity index (χ1n) is 9.46. The van der Waals surface area contributed by atoms with Gasteiger partial charge in [-0.3, -0.25) is 4.99 Å². The summed E-state index contributed by atoms with van der Waals surface area (Å²) >= 11 is 5.91. The minimum absolute atomic E-state index is 0.426. The predicted octanol–water partition coefficient (Wildman–Crippen LogP) is 2.93. The van der Waals surface area contributed by atoms with Gasteiger partial charge in [0.2, 0.25) is 11.7 Å². The molecule has 1 aromatic heterocycles. The minimum Gasteiger partial charge on any atom is -0.354 e. The Bertz CT molecular complexity index is 737.